The highest BCUT2D eigenvalue weighted by Gasteiger charge is 2.19. The zero-order valence-electron chi connectivity index (χ0n) is 16.7. The van der Waals surface area contributed by atoms with Crippen LogP contribution in [0.3, 0.4) is 0 Å². The van der Waals surface area contributed by atoms with Crippen LogP contribution in [0.5, 0.6) is 0 Å². The standard InChI is InChI=1S/C21H21N5O4/c1-3-6-17-18(20(28)26(25-17)19(27)15-7-5-12-22-13-15)24-23-16-10-8-14(9-11-16)21(29)30-4-2/h5,7-13,25H,3-4,6H2,1-2H3. The highest BCUT2D eigenvalue weighted by Crippen LogP contribution is 2.20. The van der Waals surface area contributed by atoms with E-state index in [1.807, 2.05) is 6.92 Å². The number of carbonyl (C=O) groups excluding carboxylic acids is 2. The number of aromatic amines is 1. The van der Waals surface area contributed by atoms with Crippen LogP contribution < -0.4 is 5.56 Å². The summed E-state index contributed by atoms with van der Waals surface area (Å²) in [6, 6.07) is 9.53. The fourth-order valence-electron chi connectivity index (χ4n) is 2.75. The van der Waals surface area contributed by atoms with Crippen molar-refractivity contribution in [3.63, 3.8) is 0 Å². The second kappa shape index (κ2) is 9.55. The van der Waals surface area contributed by atoms with Crippen LogP contribution in [0.15, 0.2) is 63.8 Å². The van der Waals surface area contributed by atoms with Crippen molar-refractivity contribution in [1.82, 2.24) is 14.8 Å². The molecule has 0 bridgehead atoms. The SMILES string of the molecule is CCCc1[nH]n(C(=O)c2cccnc2)c(=O)c1N=Nc1ccc(C(=O)OCC)cc1. The largest absolute Gasteiger partial charge is 0.462 e. The number of aromatic nitrogens is 3. The second-order valence-electron chi connectivity index (χ2n) is 6.34. The van der Waals surface area contributed by atoms with Gasteiger partial charge < -0.3 is 4.74 Å². The number of aryl methyl sites for hydroxylation is 1. The second-order valence-corrected chi connectivity index (χ2v) is 6.34. The van der Waals surface area contributed by atoms with Gasteiger partial charge in [-0.15, -0.1) is 5.11 Å². The molecular formula is C21H21N5O4. The van der Waals surface area contributed by atoms with E-state index in [4.69, 9.17) is 4.74 Å². The minimum Gasteiger partial charge on any atom is -0.462 e. The third-order valence-corrected chi connectivity index (χ3v) is 4.19. The van der Waals surface area contributed by atoms with Crippen molar-refractivity contribution in [3.05, 3.63) is 76.0 Å². The number of hydrogen-bond acceptors (Lipinski definition) is 7. The molecule has 2 heterocycles. The lowest BCUT2D eigenvalue weighted by Gasteiger charge is -2.01. The highest BCUT2D eigenvalue weighted by molar-refractivity contribution is 5.95. The van der Waals surface area contributed by atoms with E-state index >= 15 is 0 Å². The van der Waals surface area contributed by atoms with Crippen LogP contribution >= 0.6 is 0 Å². The van der Waals surface area contributed by atoms with Gasteiger partial charge in [-0.1, -0.05) is 13.3 Å². The van der Waals surface area contributed by atoms with Crippen LogP contribution in [-0.4, -0.2) is 33.2 Å². The summed E-state index contributed by atoms with van der Waals surface area (Å²) in [5, 5.41) is 11.0. The van der Waals surface area contributed by atoms with E-state index in [1.54, 1.807) is 49.5 Å². The van der Waals surface area contributed by atoms with Gasteiger partial charge in [0, 0.05) is 12.4 Å². The Kier molecular flexibility index (Phi) is 6.63. The normalized spacial score (nSPS) is 11.0. The van der Waals surface area contributed by atoms with Crippen LogP contribution in [-0.2, 0) is 11.2 Å². The first-order chi connectivity index (χ1) is 14.5. The molecule has 0 aliphatic rings. The number of azo groups is 1. The summed E-state index contributed by atoms with van der Waals surface area (Å²) in [7, 11) is 0. The first-order valence-corrected chi connectivity index (χ1v) is 9.52. The van der Waals surface area contributed by atoms with Crippen molar-refractivity contribution >= 4 is 23.3 Å². The van der Waals surface area contributed by atoms with E-state index in [-0.39, 0.29) is 17.9 Å². The smallest absolute Gasteiger partial charge is 0.338 e. The molecule has 154 valence electrons. The molecule has 0 radical (unpaired) electrons. The number of esters is 1. The zero-order valence-corrected chi connectivity index (χ0v) is 16.7. The Morgan fingerprint density at radius 1 is 1.10 bits per heavy atom. The molecule has 3 aromatic rings. The van der Waals surface area contributed by atoms with Gasteiger partial charge in [-0.3, -0.25) is 19.7 Å². The molecule has 9 nitrogen and oxygen atoms in total. The van der Waals surface area contributed by atoms with Crippen molar-refractivity contribution in [1.29, 1.82) is 0 Å². The van der Waals surface area contributed by atoms with Gasteiger partial charge in [0.2, 0.25) is 0 Å². The quantitative estimate of drug-likeness (QED) is 0.472. The lowest BCUT2D eigenvalue weighted by Crippen LogP contribution is -2.25. The molecule has 0 unspecified atom stereocenters. The molecule has 1 aromatic carbocycles. The Morgan fingerprint density at radius 3 is 2.50 bits per heavy atom. The molecule has 0 aliphatic heterocycles. The Bertz CT molecular complexity index is 1110. The summed E-state index contributed by atoms with van der Waals surface area (Å²) in [5.74, 6) is -0.945. The number of hydrogen-bond donors (Lipinski definition) is 1. The highest BCUT2D eigenvalue weighted by atomic mass is 16.5. The van der Waals surface area contributed by atoms with Gasteiger partial charge in [-0.25, -0.2) is 4.79 Å². The molecule has 1 N–H and O–H groups in total. The number of ether oxygens (including phenoxy) is 1. The lowest BCUT2D eigenvalue weighted by molar-refractivity contribution is 0.0526. The fraction of sp³-hybridized carbons (Fsp3) is 0.238. The van der Waals surface area contributed by atoms with Gasteiger partial charge in [0.1, 0.15) is 0 Å². The number of pyridine rings is 1. The van der Waals surface area contributed by atoms with Gasteiger partial charge in [-0.05, 0) is 49.7 Å². The number of nitrogens with one attached hydrogen (secondary N) is 1. The third-order valence-electron chi connectivity index (χ3n) is 4.19. The molecule has 0 spiro atoms. The van der Waals surface area contributed by atoms with Crippen molar-refractivity contribution in [2.45, 2.75) is 26.7 Å². The van der Waals surface area contributed by atoms with Crippen LogP contribution in [0.1, 0.15) is 46.7 Å². The van der Waals surface area contributed by atoms with Crippen molar-refractivity contribution in [3.8, 4) is 0 Å². The number of nitrogens with zero attached hydrogens (tertiary/aromatic N) is 4. The molecule has 0 aliphatic carbocycles. The molecule has 0 amide bonds. The molecule has 30 heavy (non-hydrogen) atoms. The van der Waals surface area contributed by atoms with E-state index < -0.39 is 17.4 Å². The third kappa shape index (κ3) is 4.57. The average molecular weight is 407 g/mol. The molecule has 0 saturated carbocycles. The summed E-state index contributed by atoms with van der Waals surface area (Å²) in [6.07, 6.45) is 4.21. The van der Waals surface area contributed by atoms with Gasteiger partial charge >= 0.3 is 11.5 Å². The number of carbonyl (C=O) groups is 2. The van der Waals surface area contributed by atoms with E-state index in [2.05, 4.69) is 20.3 Å². The average Bonchev–Trinajstić information content (AvgIpc) is 3.08. The molecule has 2 aromatic heterocycles. The van der Waals surface area contributed by atoms with Gasteiger partial charge in [-0.2, -0.15) is 9.80 Å². The van der Waals surface area contributed by atoms with Crippen molar-refractivity contribution < 1.29 is 14.3 Å². The van der Waals surface area contributed by atoms with E-state index in [0.29, 0.717) is 23.4 Å². The number of benzene rings is 1. The Labute approximate surface area is 172 Å². The minimum atomic E-state index is -0.584. The summed E-state index contributed by atoms with van der Waals surface area (Å²) in [5.41, 5.74) is 1.14. The Balaban J connectivity index is 1.90. The van der Waals surface area contributed by atoms with Gasteiger partial charge in [0.15, 0.2) is 5.69 Å². The predicted molar refractivity (Wildman–Crippen MR) is 110 cm³/mol. The van der Waals surface area contributed by atoms with E-state index in [0.717, 1.165) is 11.1 Å². The van der Waals surface area contributed by atoms with E-state index in [9.17, 15) is 14.4 Å². The molecule has 0 fully saturated rings. The maximum absolute atomic E-state index is 12.8. The maximum atomic E-state index is 12.8. The van der Waals surface area contributed by atoms with Gasteiger partial charge in [0.05, 0.1) is 29.1 Å². The minimum absolute atomic E-state index is 0.0727. The summed E-state index contributed by atoms with van der Waals surface area (Å²) < 4.78 is 5.86. The molecule has 3 rings (SSSR count). The lowest BCUT2D eigenvalue weighted by atomic mass is 10.2. The summed E-state index contributed by atoms with van der Waals surface area (Å²) >= 11 is 0. The first-order valence-electron chi connectivity index (χ1n) is 9.52. The predicted octanol–water partition coefficient (Wildman–Crippen LogP) is 3.80. The fourth-order valence-corrected chi connectivity index (χ4v) is 2.75. The molecule has 9 heteroatoms. The van der Waals surface area contributed by atoms with Crippen LogP contribution in [0.2, 0.25) is 0 Å². The summed E-state index contributed by atoms with van der Waals surface area (Å²) in [4.78, 5) is 41.1. The Morgan fingerprint density at radius 2 is 1.87 bits per heavy atom. The Hall–Kier alpha value is -3.88. The summed E-state index contributed by atoms with van der Waals surface area (Å²) in [6.45, 7) is 3.97. The van der Waals surface area contributed by atoms with Crippen molar-refractivity contribution in [2.24, 2.45) is 10.2 Å². The van der Waals surface area contributed by atoms with Crippen LogP contribution in [0.4, 0.5) is 11.4 Å². The topological polar surface area (TPSA) is 119 Å². The van der Waals surface area contributed by atoms with Crippen molar-refractivity contribution in [2.75, 3.05) is 6.61 Å². The van der Waals surface area contributed by atoms with Crippen LogP contribution in [0.25, 0.3) is 0 Å². The molecular weight excluding hydrogens is 386 g/mol. The maximum Gasteiger partial charge on any atom is 0.338 e. The van der Waals surface area contributed by atoms with E-state index in [1.165, 1.54) is 6.20 Å². The molecule has 0 atom stereocenters. The van der Waals surface area contributed by atoms with Crippen LogP contribution in [0, 0.1) is 0 Å². The molecule has 0 saturated heterocycles. The zero-order chi connectivity index (χ0) is 21.5. The first kappa shape index (κ1) is 20.8. The number of rotatable bonds is 7. The van der Waals surface area contributed by atoms with Gasteiger partial charge in [0.25, 0.3) is 5.91 Å². The monoisotopic (exact) mass is 407 g/mol. The number of H-pyrrole nitrogens is 1.